The van der Waals surface area contributed by atoms with Crippen LogP contribution in [0.25, 0.3) is 0 Å². The largest absolute Gasteiger partial charge is 0.466 e. The maximum Gasteiger partial charge on any atom is 0.307 e. The maximum absolute atomic E-state index is 11.8. The number of hydrogen-bond acceptors (Lipinski definition) is 5. The molecule has 1 atom stereocenters. The molecule has 6 nitrogen and oxygen atoms in total. The van der Waals surface area contributed by atoms with Crippen LogP contribution in [0.1, 0.15) is 20.3 Å². The Labute approximate surface area is 108 Å². The van der Waals surface area contributed by atoms with E-state index in [0.29, 0.717) is 39.3 Å². The summed E-state index contributed by atoms with van der Waals surface area (Å²) in [6.45, 7) is 6.71. The highest BCUT2D eigenvalue weighted by molar-refractivity contribution is 5.78. The zero-order valence-electron chi connectivity index (χ0n) is 11.1. The van der Waals surface area contributed by atoms with Crippen LogP contribution in [-0.2, 0) is 19.1 Å². The quantitative estimate of drug-likeness (QED) is 0.527. The van der Waals surface area contributed by atoms with E-state index in [2.05, 4.69) is 5.32 Å². The number of rotatable bonds is 6. The first kappa shape index (κ1) is 14.9. The van der Waals surface area contributed by atoms with Crippen molar-refractivity contribution in [2.45, 2.75) is 26.4 Å². The zero-order valence-corrected chi connectivity index (χ0v) is 11.1. The monoisotopic (exact) mass is 258 g/mol. The van der Waals surface area contributed by atoms with Crippen molar-refractivity contribution < 1.29 is 19.1 Å². The number of ether oxygens (including phenoxy) is 2. The molecule has 1 saturated heterocycles. The minimum atomic E-state index is -0.238. The number of carbonyl (C=O) groups excluding carboxylic acids is 2. The van der Waals surface area contributed by atoms with Crippen molar-refractivity contribution in [1.82, 2.24) is 10.2 Å². The van der Waals surface area contributed by atoms with E-state index in [1.807, 2.05) is 6.92 Å². The van der Waals surface area contributed by atoms with Gasteiger partial charge in [-0.05, 0) is 13.8 Å². The van der Waals surface area contributed by atoms with Crippen LogP contribution in [0.4, 0.5) is 0 Å². The summed E-state index contributed by atoms with van der Waals surface area (Å²) in [5, 5.41) is 2.95. The molecule has 0 aromatic rings. The van der Waals surface area contributed by atoms with Gasteiger partial charge in [0, 0.05) is 19.6 Å². The molecule has 104 valence electrons. The molecule has 1 N–H and O–H groups in total. The number of nitrogens with zero attached hydrogens (tertiary/aromatic N) is 1. The molecule has 0 saturated carbocycles. The normalized spacial score (nSPS) is 19.7. The summed E-state index contributed by atoms with van der Waals surface area (Å²) in [7, 11) is 0. The fourth-order valence-electron chi connectivity index (χ4n) is 1.78. The van der Waals surface area contributed by atoms with Gasteiger partial charge in [0.05, 0.1) is 32.3 Å². The lowest BCUT2D eigenvalue weighted by molar-refractivity contribution is -0.143. The fourth-order valence-corrected chi connectivity index (χ4v) is 1.78. The van der Waals surface area contributed by atoms with Crippen molar-refractivity contribution in [2.75, 3.05) is 39.4 Å². The molecule has 1 fully saturated rings. The van der Waals surface area contributed by atoms with E-state index in [4.69, 9.17) is 9.47 Å². The lowest BCUT2D eigenvalue weighted by Gasteiger charge is -2.31. The van der Waals surface area contributed by atoms with Gasteiger partial charge in [0.25, 0.3) is 0 Å². The fraction of sp³-hybridized carbons (Fsp3) is 0.833. The third-order valence-electron chi connectivity index (χ3n) is 2.68. The van der Waals surface area contributed by atoms with E-state index in [1.54, 1.807) is 11.8 Å². The van der Waals surface area contributed by atoms with Gasteiger partial charge in [-0.25, -0.2) is 0 Å². The highest BCUT2D eigenvalue weighted by Crippen LogP contribution is 2.03. The smallest absolute Gasteiger partial charge is 0.307 e. The van der Waals surface area contributed by atoms with Crippen molar-refractivity contribution in [3.8, 4) is 0 Å². The van der Waals surface area contributed by atoms with Gasteiger partial charge in [-0.1, -0.05) is 0 Å². The highest BCUT2D eigenvalue weighted by atomic mass is 16.5. The van der Waals surface area contributed by atoms with Gasteiger partial charge in [0.15, 0.2) is 0 Å². The van der Waals surface area contributed by atoms with Crippen LogP contribution in [-0.4, -0.2) is 62.3 Å². The van der Waals surface area contributed by atoms with E-state index in [1.165, 1.54) is 0 Å². The minimum Gasteiger partial charge on any atom is -0.466 e. The molecule has 0 aromatic carbocycles. The van der Waals surface area contributed by atoms with E-state index in [9.17, 15) is 9.59 Å². The Morgan fingerprint density at radius 3 is 2.94 bits per heavy atom. The molecule has 18 heavy (non-hydrogen) atoms. The molecule has 0 aromatic heterocycles. The molecule has 1 aliphatic heterocycles. The Morgan fingerprint density at radius 2 is 2.28 bits per heavy atom. The molecule has 0 radical (unpaired) electrons. The van der Waals surface area contributed by atoms with Crippen LogP contribution in [0.3, 0.4) is 0 Å². The topological polar surface area (TPSA) is 67.9 Å². The standard InChI is InChI=1S/C12H22N2O4/c1-3-17-12(16)4-5-13-8-11(15)14-6-7-18-10(2)9-14/h10,13H,3-9H2,1-2H3. The lowest BCUT2D eigenvalue weighted by atomic mass is 10.3. The van der Waals surface area contributed by atoms with Crippen molar-refractivity contribution in [3.05, 3.63) is 0 Å². The summed E-state index contributed by atoms with van der Waals surface area (Å²) in [4.78, 5) is 24.6. The molecule has 0 spiro atoms. The van der Waals surface area contributed by atoms with Crippen LogP contribution >= 0.6 is 0 Å². The summed E-state index contributed by atoms with van der Waals surface area (Å²) < 4.78 is 10.2. The first-order chi connectivity index (χ1) is 8.63. The molecule has 1 amide bonds. The van der Waals surface area contributed by atoms with Crippen molar-refractivity contribution >= 4 is 11.9 Å². The third-order valence-corrected chi connectivity index (χ3v) is 2.68. The van der Waals surface area contributed by atoms with E-state index in [-0.39, 0.29) is 24.5 Å². The Bertz CT molecular complexity index is 283. The second kappa shape index (κ2) is 8.05. The van der Waals surface area contributed by atoms with Crippen molar-refractivity contribution in [1.29, 1.82) is 0 Å². The number of amides is 1. The molecule has 1 aliphatic rings. The van der Waals surface area contributed by atoms with Crippen LogP contribution in [0.15, 0.2) is 0 Å². The molecule has 1 heterocycles. The van der Waals surface area contributed by atoms with Gasteiger partial charge in [-0.3, -0.25) is 9.59 Å². The number of esters is 1. The third kappa shape index (κ3) is 5.46. The van der Waals surface area contributed by atoms with Gasteiger partial charge in [-0.15, -0.1) is 0 Å². The average molecular weight is 258 g/mol. The Kier molecular flexibility index (Phi) is 6.67. The number of morpholine rings is 1. The second-order valence-electron chi connectivity index (χ2n) is 4.25. The van der Waals surface area contributed by atoms with E-state index >= 15 is 0 Å². The van der Waals surface area contributed by atoms with Crippen LogP contribution in [0.2, 0.25) is 0 Å². The SMILES string of the molecule is CCOC(=O)CCNCC(=O)N1CCOC(C)C1. The minimum absolute atomic E-state index is 0.0500. The molecular formula is C12H22N2O4. The summed E-state index contributed by atoms with van der Waals surface area (Å²) >= 11 is 0. The number of carbonyl (C=O) groups is 2. The molecule has 0 aliphatic carbocycles. The molecular weight excluding hydrogens is 236 g/mol. The Morgan fingerprint density at radius 1 is 1.50 bits per heavy atom. The molecule has 6 heteroatoms. The predicted octanol–water partition coefficient (Wildman–Crippen LogP) is -0.223. The summed E-state index contributed by atoms with van der Waals surface area (Å²) in [5.74, 6) is -0.188. The van der Waals surface area contributed by atoms with E-state index in [0.717, 1.165) is 0 Å². The Hall–Kier alpha value is -1.14. The van der Waals surface area contributed by atoms with Crippen LogP contribution in [0, 0.1) is 0 Å². The van der Waals surface area contributed by atoms with Crippen molar-refractivity contribution in [3.63, 3.8) is 0 Å². The van der Waals surface area contributed by atoms with Gasteiger partial charge >= 0.3 is 5.97 Å². The van der Waals surface area contributed by atoms with Crippen molar-refractivity contribution in [2.24, 2.45) is 0 Å². The van der Waals surface area contributed by atoms with Gasteiger partial charge in [0.2, 0.25) is 5.91 Å². The summed E-state index contributed by atoms with van der Waals surface area (Å²) in [6, 6.07) is 0. The highest BCUT2D eigenvalue weighted by Gasteiger charge is 2.20. The first-order valence-electron chi connectivity index (χ1n) is 6.39. The van der Waals surface area contributed by atoms with E-state index < -0.39 is 0 Å². The molecule has 1 unspecified atom stereocenters. The zero-order chi connectivity index (χ0) is 13.4. The first-order valence-corrected chi connectivity index (χ1v) is 6.39. The van der Waals surface area contributed by atoms with Crippen LogP contribution < -0.4 is 5.32 Å². The van der Waals surface area contributed by atoms with Crippen LogP contribution in [0.5, 0.6) is 0 Å². The second-order valence-corrected chi connectivity index (χ2v) is 4.25. The van der Waals surface area contributed by atoms with Gasteiger partial charge in [0.1, 0.15) is 0 Å². The van der Waals surface area contributed by atoms with Gasteiger partial charge < -0.3 is 19.7 Å². The molecule has 1 rings (SSSR count). The summed E-state index contributed by atoms with van der Waals surface area (Å²) in [6.07, 6.45) is 0.392. The Balaban J connectivity index is 2.11. The maximum atomic E-state index is 11.8. The predicted molar refractivity (Wildman–Crippen MR) is 66.1 cm³/mol. The number of nitrogens with one attached hydrogen (secondary N) is 1. The molecule has 0 bridgehead atoms. The average Bonchev–Trinajstić information content (AvgIpc) is 2.35. The lowest BCUT2D eigenvalue weighted by Crippen LogP contribution is -2.47. The summed E-state index contributed by atoms with van der Waals surface area (Å²) in [5.41, 5.74) is 0. The van der Waals surface area contributed by atoms with Gasteiger partial charge in [-0.2, -0.15) is 0 Å². The number of hydrogen-bond donors (Lipinski definition) is 1.